The van der Waals surface area contributed by atoms with Gasteiger partial charge in [0.25, 0.3) is 0 Å². The molecule has 5 heterocycles. The Morgan fingerprint density at radius 2 is 1.73 bits per heavy atom. The van der Waals surface area contributed by atoms with Gasteiger partial charge in [0.2, 0.25) is 5.95 Å². The predicted molar refractivity (Wildman–Crippen MR) is 157 cm³/mol. The highest BCUT2D eigenvalue weighted by atomic mass is 19.1. The summed E-state index contributed by atoms with van der Waals surface area (Å²) in [5.74, 6) is 0.295. The second kappa shape index (κ2) is 10.7. The van der Waals surface area contributed by atoms with Crippen LogP contribution in [0.25, 0.3) is 22.3 Å². The van der Waals surface area contributed by atoms with Crippen molar-refractivity contribution in [3.8, 4) is 11.3 Å². The number of halogens is 2. The molecule has 0 amide bonds. The van der Waals surface area contributed by atoms with Gasteiger partial charge < -0.3 is 14.8 Å². The molecule has 2 aliphatic rings. The number of imidazole rings is 1. The van der Waals surface area contributed by atoms with Gasteiger partial charge in [-0.05, 0) is 89.3 Å². The van der Waals surface area contributed by atoms with E-state index in [0.29, 0.717) is 28.1 Å². The Morgan fingerprint density at radius 3 is 2.39 bits per heavy atom. The molecule has 8 nitrogen and oxygen atoms in total. The number of hydrogen-bond acceptors (Lipinski definition) is 7. The minimum atomic E-state index is -0.633. The minimum absolute atomic E-state index is 0.0131. The van der Waals surface area contributed by atoms with Crippen LogP contribution in [0.4, 0.5) is 20.5 Å². The fraction of sp³-hybridized carbons (Fsp3) is 0.484. The number of benzene rings is 1. The number of nitrogens with one attached hydrogen (secondary N) is 1. The molecule has 216 valence electrons. The average Bonchev–Trinajstić information content (AvgIpc) is 3.29. The van der Waals surface area contributed by atoms with Crippen molar-refractivity contribution in [1.29, 1.82) is 0 Å². The number of likely N-dealkylation sites (tertiary alicyclic amines) is 2. The summed E-state index contributed by atoms with van der Waals surface area (Å²) in [7, 11) is 0. The van der Waals surface area contributed by atoms with Crippen LogP contribution < -0.4 is 5.32 Å². The van der Waals surface area contributed by atoms with Crippen LogP contribution in [0.15, 0.2) is 36.7 Å². The van der Waals surface area contributed by atoms with Crippen LogP contribution in [-0.2, 0) is 0 Å². The third-order valence-electron chi connectivity index (χ3n) is 8.96. The number of hydrogen-bond donors (Lipinski definition) is 1. The Labute approximate surface area is 239 Å². The summed E-state index contributed by atoms with van der Waals surface area (Å²) in [6.07, 6.45) is 5.54. The van der Waals surface area contributed by atoms with Crippen LogP contribution in [0.1, 0.15) is 64.0 Å². The van der Waals surface area contributed by atoms with Crippen LogP contribution in [0.2, 0.25) is 0 Å². The van der Waals surface area contributed by atoms with Gasteiger partial charge in [-0.2, -0.15) is 0 Å². The first-order chi connectivity index (χ1) is 19.7. The van der Waals surface area contributed by atoms with Crippen molar-refractivity contribution in [2.24, 2.45) is 5.41 Å². The number of pyridine rings is 1. The summed E-state index contributed by atoms with van der Waals surface area (Å²) in [5.41, 5.74) is 2.84. The van der Waals surface area contributed by atoms with Crippen LogP contribution in [0.5, 0.6) is 0 Å². The highest BCUT2D eigenvalue weighted by molar-refractivity contribution is 5.83. The molecule has 0 saturated carbocycles. The first-order valence-corrected chi connectivity index (χ1v) is 14.6. The number of aryl methyl sites for hydroxylation is 1. The molecule has 1 N–H and O–H groups in total. The van der Waals surface area contributed by atoms with Gasteiger partial charge in [0.15, 0.2) is 11.6 Å². The lowest BCUT2D eigenvalue weighted by atomic mass is 9.71. The normalized spacial score (nSPS) is 18.2. The molecule has 2 saturated heterocycles. The number of nitrogens with zero attached hydrogens (tertiary/aromatic N) is 7. The molecule has 1 aromatic carbocycles. The van der Waals surface area contributed by atoms with E-state index in [2.05, 4.69) is 55.0 Å². The molecular formula is C31H38F2N8. The maximum absolute atomic E-state index is 15.0. The van der Waals surface area contributed by atoms with E-state index >= 15 is 4.39 Å². The lowest BCUT2D eigenvalue weighted by molar-refractivity contribution is -0.0660. The molecule has 41 heavy (non-hydrogen) atoms. The van der Waals surface area contributed by atoms with E-state index in [1.807, 2.05) is 37.6 Å². The third-order valence-corrected chi connectivity index (χ3v) is 8.96. The second-order valence-corrected chi connectivity index (χ2v) is 12.0. The van der Waals surface area contributed by atoms with Crippen molar-refractivity contribution in [3.63, 3.8) is 0 Å². The second-order valence-electron chi connectivity index (χ2n) is 12.0. The molecule has 4 aromatic rings. The van der Waals surface area contributed by atoms with Crippen LogP contribution in [0, 0.1) is 24.0 Å². The van der Waals surface area contributed by atoms with Crippen molar-refractivity contribution in [2.75, 3.05) is 38.0 Å². The van der Waals surface area contributed by atoms with E-state index in [9.17, 15) is 4.39 Å². The Morgan fingerprint density at radius 1 is 0.976 bits per heavy atom. The first kappa shape index (κ1) is 27.7. The average molecular weight is 561 g/mol. The lowest BCUT2D eigenvalue weighted by Gasteiger charge is -2.56. The zero-order valence-electron chi connectivity index (χ0n) is 24.5. The van der Waals surface area contributed by atoms with Gasteiger partial charge in [-0.15, -0.1) is 0 Å². The minimum Gasteiger partial charge on any atom is -0.326 e. The summed E-state index contributed by atoms with van der Waals surface area (Å²) in [6.45, 7) is 16.2. The molecule has 0 aliphatic carbocycles. The van der Waals surface area contributed by atoms with Crippen molar-refractivity contribution in [3.05, 3.63) is 59.7 Å². The molecule has 6 rings (SSSR count). The summed E-state index contributed by atoms with van der Waals surface area (Å²) >= 11 is 0. The molecule has 0 unspecified atom stereocenters. The van der Waals surface area contributed by atoms with Gasteiger partial charge in [0.05, 0.1) is 11.7 Å². The molecule has 0 bridgehead atoms. The van der Waals surface area contributed by atoms with Gasteiger partial charge in [0, 0.05) is 36.9 Å². The number of rotatable bonds is 7. The molecular weight excluding hydrogens is 522 g/mol. The van der Waals surface area contributed by atoms with E-state index in [-0.39, 0.29) is 29.2 Å². The van der Waals surface area contributed by atoms with Gasteiger partial charge in [-0.25, -0.2) is 28.7 Å². The number of fused-ring (bicyclic) bond motifs is 1. The standard InChI is InChI=1S/C31H38F2N8/c1-6-39-11-9-31(10-12-39)17-40(18-31)20(4)22-7-8-27(34-15-22)37-30-35-16-25(33)28(38-30)23-13-24(32)29-26(14-23)41(19(2)3)21(5)36-29/h7-8,13-16,19-20H,6,9-12,17-18H2,1-5H3,(H,34,35,37,38)/t20-/m1/s1. The van der Waals surface area contributed by atoms with E-state index in [1.54, 1.807) is 6.07 Å². The van der Waals surface area contributed by atoms with Gasteiger partial charge >= 0.3 is 0 Å². The molecule has 1 atom stereocenters. The Balaban J connectivity index is 1.16. The molecule has 2 aliphatic heterocycles. The molecule has 3 aromatic heterocycles. The molecule has 1 spiro atoms. The zero-order valence-corrected chi connectivity index (χ0v) is 24.5. The van der Waals surface area contributed by atoms with Gasteiger partial charge in [-0.1, -0.05) is 13.0 Å². The monoisotopic (exact) mass is 560 g/mol. The SMILES string of the molecule is CCN1CCC2(CC1)CN([C@H](C)c1ccc(Nc3ncc(F)c(-c4cc(F)c5nc(C)n(C(C)C)c5c4)n3)nc1)C2. The Bertz CT molecular complexity index is 1550. The Kier molecular flexibility index (Phi) is 7.23. The Hall–Kier alpha value is -3.50. The predicted octanol–water partition coefficient (Wildman–Crippen LogP) is 6.28. The van der Waals surface area contributed by atoms with Crippen LogP contribution in [0.3, 0.4) is 0 Å². The fourth-order valence-corrected chi connectivity index (χ4v) is 6.49. The zero-order chi connectivity index (χ0) is 28.9. The molecule has 2 fully saturated rings. The quantitative estimate of drug-likeness (QED) is 0.285. The van der Waals surface area contributed by atoms with E-state index < -0.39 is 11.6 Å². The molecule has 0 radical (unpaired) electrons. The largest absolute Gasteiger partial charge is 0.326 e. The van der Waals surface area contributed by atoms with E-state index in [4.69, 9.17) is 0 Å². The maximum atomic E-state index is 15.0. The van der Waals surface area contributed by atoms with Crippen molar-refractivity contribution in [2.45, 2.75) is 59.5 Å². The van der Waals surface area contributed by atoms with E-state index in [0.717, 1.165) is 31.4 Å². The van der Waals surface area contributed by atoms with Crippen LogP contribution >= 0.6 is 0 Å². The van der Waals surface area contributed by atoms with E-state index in [1.165, 1.54) is 32.0 Å². The van der Waals surface area contributed by atoms with Crippen molar-refractivity contribution >= 4 is 22.8 Å². The summed E-state index contributed by atoms with van der Waals surface area (Å²) < 4.78 is 31.8. The molecule has 10 heteroatoms. The first-order valence-electron chi connectivity index (χ1n) is 14.6. The summed E-state index contributed by atoms with van der Waals surface area (Å²) in [6, 6.07) is 7.32. The maximum Gasteiger partial charge on any atom is 0.229 e. The summed E-state index contributed by atoms with van der Waals surface area (Å²) in [5, 5.41) is 3.08. The number of piperidine rings is 1. The number of aromatic nitrogens is 5. The van der Waals surface area contributed by atoms with Crippen molar-refractivity contribution < 1.29 is 8.78 Å². The third kappa shape index (κ3) is 5.19. The van der Waals surface area contributed by atoms with Gasteiger partial charge in [0.1, 0.15) is 22.9 Å². The van der Waals surface area contributed by atoms with Crippen LogP contribution in [-0.4, -0.2) is 67.0 Å². The van der Waals surface area contributed by atoms with Gasteiger partial charge in [-0.3, -0.25) is 4.90 Å². The fourth-order valence-electron chi connectivity index (χ4n) is 6.49. The smallest absolute Gasteiger partial charge is 0.229 e. The highest BCUT2D eigenvalue weighted by Crippen LogP contribution is 2.44. The lowest BCUT2D eigenvalue weighted by Crippen LogP contribution is -2.60. The highest BCUT2D eigenvalue weighted by Gasteiger charge is 2.46. The van der Waals surface area contributed by atoms with Crippen molar-refractivity contribution in [1.82, 2.24) is 34.3 Å². The number of anilines is 2. The summed E-state index contributed by atoms with van der Waals surface area (Å²) in [4.78, 5) is 22.5. The topological polar surface area (TPSA) is 75.0 Å².